The predicted octanol–water partition coefficient (Wildman–Crippen LogP) is 2.22. The smallest absolute Gasteiger partial charge is 0.326 e. The summed E-state index contributed by atoms with van der Waals surface area (Å²) in [7, 11) is 2.95. The normalized spacial score (nSPS) is 16.5. The Morgan fingerprint density at radius 2 is 2.00 bits per heavy atom. The van der Waals surface area contributed by atoms with Crippen LogP contribution in [-0.2, 0) is 14.4 Å². The van der Waals surface area contributed by atoms with E-state index in [1.54, 1.807) is 18.2 Å². The average Bonchev–Trinajstić information content (AvgIpc) is 2.88. The van der Waals surface area contributed by atoms with Gasteiger partial charge in [0.1, 0.15) is 10.4 Å². The van der Waals surface area contributed by atoms with E-state index in [4.69, 9.17) is 26.8 Å². The number of carboxylic acids is 2. The molecule has 2 rings (SSSR count). The van der Waals surface area contributed by atoms with Gasteiger partial charge in [-0.25, -0.2) is 4.79 Å². The number of hydrogen-bond acceptors (Lipinski definition) is 7. The third-order valence-corrected chi connectivity index (χ3v) is 5.10. The van der Waals surface area contributed by atoms with Crippen LogP contribution in [0.3, 0.4) is 0 Å². The highest BCUT2D eigenvalue weighted by Gasteiger charge is 2.40. The number of benzene rings is 1. The Bertz CT molecular complexity index is 821. The number of para-hydroxylation sites is 1. The van der Waals surface area contributed by atoms with Gasteiger partial charge >= 0.3 is 11.9 Å². The van der Waals surface area contributed by atoms with E-state index < -0.39 is 30.3 Å². The maximum atomic E-state index is 12.7. The standard InChI is InChI=1S/C17H17NO7S2/c1-24-11-5-3-4-9(14(11)25-2)8-12-15(21)18(17(26)27-12)10(16(22)23)6-7-13(19)20/h3-5,8,10H,6-7H2,1-2H3,(H,19,20)(H,22,23)/b12-8+/t10-/m1/s1. The molecule has 0 aliphatic carbocycles. The molecular formula is C17H17NO7S2. The molecule has 10 heteroatoms. The van der Waals surface area contributed by atoms with Crippen molar-refractivity contribution < 1.29 is 34.1 Å². The Labute approximate surface area is 164 Å². The van der Waals surface area contributed by atoms with Crippen LogP contribution in [0.1, 0.15) is 18.4 Å². The maximum absolute atomic E-state index is 12.7. The summed E-state index contributed by atoms with van der Waals surface area (Å²) in [5.41, 5.74) is 0.565. The minimum atomic E-state index is -1.34. The van der Waals surface area contributed by atoms with Crippen LogP contribution in [0, 0.1) is 0 Å². The number of thiocarbonyl (C=S) groups is 1. The Hall–Kier alpha value is -2.59. The number of nitrogens with zero attached hydrogens (tertiary/aromatic N) is 1. The van der Waals surface area contributed by atoms with Crippen molar-refractivity contribution in [3.05, 3.63) is 28.7 Å². The molecule has 27 heavy (non-hydrogen) atoms. The minimum absolute atomic E-state index is 0.0610. The summed E-state index contributed by atoms with van der Waals surface area (Å²) in [5.74, 6) is -2.15. The summed E-state index contributed by atoms with van der Waals surface area (Å²) in [4.78, 5) is 36.2. The second kappa shape index (κ2) is 8.87. The van der Waals surface area contributed by atoms with E-state index in [1.165, 1.54) is 20.3 Å². The summed E-state index contributed by atoms with van der Waals surface area (Å²) >= 11 is 6.11. The van der Waals surface area contributed by atoms with Crippen LogP contribution in [0.15, 0.2) is 23.1 Å². The second-order valence-electron chi connectivity index (χ2n) is 5.42. The van der Waals surface area contributed by atoms with Gasteiger partial charge in [-0.15, -0.1) is 0 Å². The molecule has 1 aromatic rings. The van der Waals surface area contributed by atoms with Crippen LogP contribution in [-0.4, -0.2) is 57.5 Å². The fraction of sp³-hybridized carbons (Fsp3) is 0.294. The molecular weight excluding hydrogens is 394 g/mol. The van der Waals surface area contributed by atoms with E-state index in [2.05, 4.69) is 0 Å². The van der Waals surface area contributed by atoms with Crippen LogP contribution < -0.4 is 9.47 Å². The molecule has 0 saturated carbocycles. The van der Waals surface area contributed by atoms with Crippen LogP contribution >= 0.6 is 24.0 Å². The quantitative estimate of drug-likeness (QED) is 0.491. The van der Waals surface area contributed by atoms with Gasteiger partial charge in [0.25, 0.3) is 5.91 Å². The Morgan fingerprint density at radius 3 is 2.56 bits per heavy atom. The van der Waals surface area contributed by atoms with Crippen molar-refractivity contribution in [3.63, 3.8) is 0 Å². The first-order chi connectivity index (χ1) is 12.8. The van der Waals surface area contributed by atoms with Crippen molar-refractivity contribution in [1.29, 1.82) is 0 Å². The number of carbonyl (C=O) groups is 3. The fourth-order valence-electron chi connectivity index (χ4n) is 2.54. The number of rotatable bonds is 8. The van der Waals surface area contributed by atoms with Gasteiger partial charge in [-0.3, -0.25) is 14.5 Å². The SMILES string of the molecule is COc1cccc(/C=C2/SC(=S)N([C@H](CCC(=O)O)C(=O)O)C2=O)c1OC. The molecule has 0 radical (unpaired) electrons. The van der Waals surface area contributed by atoms with E-state index >= 15 is 0 Å². The molecule has 0 unspecified atom stereocenters. The van der Waals surface area contributed by atoms with Crippen molar-refractivity contribution in [2.45, 2.75) is 18.9 Å². The highest BCUT2D eigenvalue weighted by Crippen LogP contribution is 2.38. The molecule has 1 aromatic carbocycles. The van der Waals surface area contributed by atoms with E-state index in [9.17, 15) is 19.5 Å². The molecule has 1 aliphatic heterocycles. The zero-order chi connectivity index (χ0) is 20.1. The van der Waals surface area contributed by atoms with Gasteiger partial charge in [-0.1, -0.05) is 36.1 Å². The molecule has 0 spiro atoms. The van der Waals surface area contributed by atoms with E-state index in [0.29, 0.717) is 17.1 Å². The van der Waals surface area contributed by atoms with Crippen molar-refractivity contribution in [2.24, 2.45) is 0 Å². The topological polar surface area (TPSA) is 113 Å². The molecule has 2 N–H and O–H groups in total. The number of thioether (sulfide) groups is 1. The number of aliphatic carboxylic acids is 2. The average molecular weight is 411 g/mol. The van der Waals surface area contributed by atoms with Gasteiger partial charge in [0.05, 0.1) is 19.1 Å². The van der Waals surface area contributed by atoms with Crippen LogP contribution in [0.4, 0.5) is 0 Å². The molecule has 144 valence electrons. The third kappa shape index (κ3) is 4.58. The number of hydrogen-bond donors (Lipinski definition) is 2. The Morgan fingerprint density at radius 1 is 1.30 bits per heavy atom. The van der Waals surface area contributed by atoms with Crippen LogP contribution in [0.2, 0.25) is 0 Å². The first kappa shape index (κ1) is 20.7. The van der Waals surface area contributed by atoms with Gasteiger partial charge in [0.2, 0.25) is 0 Å². The molecule has 0 aromatic heterocycles. The van der Waals surface area contributed by atoms with Crippen molar-refractivity contribution in [2.75, 3.05) is 14.2 Å². The lowest BCUT2D eigenvalue weighted by atomic mass is 10.1. The van der Waals surface area contributed by atoms with E-state index in [0.717, 1.165) is 16.7 Å². The highest BCUT2D eigenvalue weighted by molar-refractivity contribution is 8.26. The van der Waals surface area contributed by atoms with Crippen molar-refractivity contribution in [1.82, 2.24) is 4.90 Å². The zero-order valence-corrected chi connectivity index (χ0v) is 16.1. The molecule has 0 bridgehead atoms. The summed E-state index contributed by atoms with van der Waals surface area (Å²) in [5, 5.41) is 18.2. The minimum Gasteiger partial charge on any atom is -0.493 e. The molecule has 1 atom stereocenters. The summed E-state index contributed by atoms with van der Waals surface area (Å²) in [6, 6.07) is 3.80. The molecule has 8 nitrogen and oxygen atoms in total. The number of carboxylic acid groups (broad SMARTS) is 2. The van der Waals surface area contributed by atoms with Crippen LogP contribution in [0.5, 0.6) is 11.5 Å². The lowest BCUT2D eigenvalue weighted by Gasteiger charge is -2.22. The van der Waals surface area contributed by atoms with E-state index in [1.807, 2.05) is 0 Å². The number of methoxy groups -OCH3 is 2. The molecule has 1 fully saturated rings. The monoisotopic (exact) mass is 411 g/mol. The fourth-order valence-corrected chi connectivity index (χ4v) is 3.89. The van der Waals surface area contributed by atoms with E-state index in [-0.39, 0.29) is 15.6 Å². The lowest BCUT2D eigenvalue weighted by molar-refractivity contribution is -0.146. The Kier molecular flexibility index (Phi) is 6.81. The summed E-state index contributed by atoms with van der Waals surface area (Å²) < 4.78 is 10.6. The summed E-state index contributed by atoms with van der Waals surface area (Å²) in [6.45, 7) is 0. The maximum Gasteiger partial charge on any atom is 0.326 e. The molecule has 1 saturated heterocycles. The molecule has 1 amide bonds. The number of amides is 1. The van der Waals surface area contributed by atoms with Crippen molar-refractivity contribution in [3.8, 4) is 11.5 Å². The predicted molar refractivity (Wildman–Crippen MR) is 103 cm³/mol. The van der Waals surface area contributed by atoms with Gasteiger partial charge in [0, 0.05) is 12.0 Å². The van der Waals surface area contributed by atoms with Crippen LogP contribution in [0.25, 0.3) is 6.08 Å². The lowest BCUT2D eigenvalue weighted by Crippen LogP contribution is -2.44. The van der Waals surface area contributed by atoms with Gasteiger partial charge in [0.15, 0.2) is 11.5 Å². The zero-order valence-electron chi connectivity index (χ0n) is 14.5. The molecule has 1 heterocycles. The number of carbonyl (C=O) groups excluding carboxylic acids is 1. The highest BCUT2D eigenvalue weighted by atomic mass is 32.2. The van der Waals surface area contributed by atoms with Gasteiger partial charge in [-0.2, -0.15) is 0 Å². The summed E-state index contributed by atoms with van der Waals surface area (Å²) in [6.07, 6.45) is 0.903. The largest absolute Gasteiger partial charge is 0.493 e. The van der Waals surface area contributed by atoms with Gasteiger partial charge in [-0.05, 0) is 18.6 Å². The van der Waals surface area contributed by atoms with Crippen molar-refractivity contribution >= 4 is 52.2 Å². The number of ether oxygens (including phenoxy) is 2. The first-order valence-corrected chi connectivity index (χ1v) is 8.95. The Balaban J connectivity index is 2.36. The second-order valence-corrected chi connectivity index (χ2v) is 7.10. The molecule has 1 aliphatic rings. The first-order valence-electron chi connectivity index (χ1n) is 7.72. The third-order valence-electron chi connectivity index (χ3n) is 3.77. The van der Waals surface area contributed by atoms with Gasteiger partial charge < -0.3 is 19.7 Å².